The minimum absolute atomic E-state index is 0.543. The van der Waals surface area contributed by atoms with Crippen LogP contribution in [0.5, 0.6) is 5.75 Å². The van der Waals surface area contributed by atoms with Crippen LogP contribution < -0.4 is 4.74 Å². The van der Waals surface area contributed by atoms with Crippen molar-refractivity contribution in [2.24, 2.45) is 0 Å². The molecule has 2 heterocycles. The molecule has 4 nitrogen and oxygen atoms in total. The highest BCUT2D eigenvalue weighted by Crippen LogP contribution is 2.25. The van der Waals surface area contributed by atoms with Crippen LogP contribution in [0.25, 0.3) is 5.69 Å². The van der Waals surface area contributed by atoms with Crippen LogP contribution >= 0.6 is 0 Å². The van der Waals surface area contributed by atoms with Crippen LogP contribution in [0.3, 0.4) is 0 Å². The monoisotopic (exact) mass is 297 g/mol. The Kier molecular flexibility index (Phi) is 4.59. The van der Waals surface area contributed by atoms with Crippen molar-refractivity contribution >= 4 is 0 Å². The normalized spacial score (nSPS) is 18.0. The summed E-state index contributed by atoms with van der Waals surface area (Å²) < 4.78 is 7.33. The molecule has 0 fully saturated rings. The van der Waals surface area contributed by atoms with Crippen molar-refractivity contribution in [2.45, 2.75) is 32.4 Å². The van der Waals surface area contributed by atoms with Crippen molar-refractivity contribution in [1.82, 2.24) is 14.7 Å². The van der Waals surface area contributed by atoms with Crippen molar-refractivity contribution in [3.05, 3.63) is 54.4 Å². The fourth-order valence-electron chi connectivity index (χ4n) is 3.04. The van der Waals surface area contributed by atoms with Crippen LogP contribution in [0.4, 0.5) is 0 Å². The Hall–Kier alpha value is -2.07. The zero-order valence-electron chi connectivity index (χ0n) is 13.3. The molecule has 1 aromatic carbocycles. The summed E-state index contributed by atoms with van der Waals surface area (Å²) in [7, 11) is 1.71. The van der Waals surface area contributed by atoms with Crippen LogP contribution in [0.1, 0.15) is 25.3 Å². The minimum atomic E-state index is 0.543. The Morgan fingerprint density at radius 1 is 1.36 bits per heavy atom. The Balaban J connectivity index is 1.88. The molecule has 22 heavy (non-hydrogen) atoms. The lowest BCUT2D eigenvalue weighted by molar-refractivity contribution is 0.251. The number of benzene rings is 1. The standard InChI is InChI=1S/C18H23N3O/c1-3-6-16-7-4-11-20(16)14-15-13-17(22-2)8-9-18(15)21-12-5-10-19-21/h4-5,7-10,12-13,16H,3,6,11,14H2,1-2H3. The van der Waals surface area contributed by atoms with Gasteiger partial charge < -0.3 is 4.74 Å². The first-order valence-electron chi connectivity index (χ1n) is 7.89. The highest BCUT2D eigenvalue weighted by molar-refractivity contribution is 5.45. The highest BCUT2D eigenvalue weighted by Gasteiger charge is 2.20. The molecule has 116 valence electrons. The third-order valence-corrected chi connectivity index (χ3v) is 4.16. The van der Waals surface area contributed by atoms with E-state index in [1.807, 2.05) is 29.2 Å². The van der Waals surface area contributed by atoms with E-state index in [9.17, 15) is 0 Å². The molecule has 1 unspecified atom stereocenters. The molecule has 0 aliphatic carbocycles. The molecule has 0 bridgehead atoms. The minimum Gasteiger partial charge on any atom is -0.497 e. The van der Waals surface area contributed by atoms with Gasteiger partial charge in [0.25, 0.3) is 0 Å². The fraction of sp³-hybridized carbons (Fsp3) is 0.389. The van der Waals surface area contributed by atoms with Crippen molar-refractivity contribution in [2.75, 3.05) is 13.7 Å². The van der Waals surface area contributed by atoms with Crippen molar-refractivity contribution in [3.63, 3.8) is 0 Å². The molecular weight excluding hydrogens is 274 g/mol. The Morgan fingerprint density at radius 2 is 2.27 bits per heavy atom. The maximum atomic E-state index is 5.40. The number of nitrogens with zero attached hydrogens (tertiary/aromatic N) is 3. The van der Waals surface area contributed by atoms with Crippen LogP contribution in [-0.4, -0.2) is 34.4 Å². The van der Waals surface area contributed by atoms with E-state index in [1.165, 1.54) is 18.4 Å². The van der Waals surface area contributed by atoms with E-state index in [1.54, 1.807) is 7.11 Å². The third-order valence-electron chi connectivity index (χ3n) is 4.16. The summed E-state index contributed by atoms with van der Waals surface area (Å²) in [6.07, 6.45) is 10.8. The molecule has 0 saturated carbocycles. The molecule has 2 aromatic rings. The van der Waals surface area contributed by atoms with Gasteiger partial charge in [0.05, 0.1) is 12.8 Å². The summed E-state index contributed by atoms with van der Waals surface area (Å²) in [5.41, 5.74) is 2.36. The van der Waals surface area contributed by atoms with Crippen molar-refractivity contribution < 1.29 is 4.74 Å². The first-order valence-corrected chi connectivity index (χ1v) is 7.89. The second-order valence-corrected chi connectivity index (χ2v) is 5.66. The summed E-state index contributed by atoms with van der Waals surface area (Å²) in [6.45, 7) is 4.16. The summed E-state index contributed by atoms with van der Waals surface area (Å²) in [6, 6.07) is 8.69. The molecule has 0 N–H and O–H groups in total. The second kappa shape index (κ2) is 6.79. The lowest BCUT2D eigenvalue weighted by Gasteiger charge is -2.25. The summed E-state index contributed by atoms with van der Waals surface area (Å²) in [5, 5.41) is 4.37. The zero-order valence-corrected chi connectivity index (χ0v) is 13.3. The van der Waals surface area contributed by atoms with Crippen LogP contribution in [0.15, 0.2) is 48.8 Å². The number of rotatable bonds is 6. The number of hydrogen-bond donors (Lipinski definition) is 0. The van der Waals surface area contributed by atoms with Crippen molar-refractivity contribution in [1.29, 1.82) is 0 Å². The number of ether oxygens (including phenoxy) is 1. The van der Waals surface area contributed by atoms with E-state index >= 15 is 0 Å². The van der Waals surface area contributed by atoms with Crippen LogP contribution in [-0.2, 0) is 6.54 Å². The van der Waals surface area contributed by atoms with Gasteiger partial charge in [0.2, 0.25) is 0 Å². The molecule has 0 saturated heterocycles. The molecule has 1 aliphatic rings. The molecule has 4 heteroatoms. The van der Waals surface area contributed by atoms with Crippen molar-refractivity contribution in [3.8, 4) is 11.4 Å². The van der Waals surface area contributed by atoms with Gasteiger partial charge in [-0.1, -0.05) is 25.5 Å². The molecule has 1 aromatic heterocycles. The van der Waals surface area contributed by atoms with Gasteiger partial charge in [0.15, 0.2) is 0 Å². The average molecular weight is 297 g/mol. The number of aromatic nitrogens is 2. The van der Waals surface area contributed by atoms with Crippen LogP contribution in [0.2, 0.25) is 0 Å². The lowest BCUT2D eigenvalue weighted by atomic mass is 10.1. The number of hydrogen-bond acceptors (Lipinski definition) is 3. The molecule has 0 amide bonds. The average Bonchev–Trinajstić information content (AvgIpc) is 3.20. The summed E-state index contributed by atoms with van der Waals surface area (Å²) >= 11 is 0. The van der Waals surface area contributed by atoms with Gasteiger partial charge in [0, 0.05) is 31.5 Å². The molecule has 0 spiro atoms. The van der Waals surface area contributed by atoms with Gasteiger partial charge in [-0.15, -0.1) is 0 Å². The maximum Gasteiger partial charge on any atom is 0.119 e. The van der Waals surface area contributed by atoms with E-state index < -0.39 is 0 Å². The van der Waals surface area contributed by atoms with E-state index in [4.69, 9.17) is 4.74 Å². The Bertz CT molecular complexity index is 634. The second-order valence-electron chi connectivity index (χ2n) is 5.66. The molecule has 1 aliphatic heterocycles. The highest BCUT2D eigenvalue weighted by atomic mass is 16.5. The molecule has 0 radical (unpaired) electrons. The van der Waals surface area contributed by atoms with Gasteiger partial charge in [0.1, 0.15) is 5.75 Å². The quantitative estimate of drug-likeness (QED) is 0.765. The van der Waals surface area contributed by atoms with Gasteiger partial charge in [-0.3, -0.25) is 4.90 Å². The number of methoxy groups -OCH3 is 1. The van der Waals surface area contributed by atoms with Gasteiger partial charge in [-0.05, 0) is 36.2 Å². The maximum absolute atomic E-state index is 5.40. The third kappa shape index (κ3) is 3.07. The largest absolute Gasteiger partial charge is 0.497 e. The van der Waals surface area contributed by atoms with E-state index in [0.717, 1.165) is 24.5 Å². The summed E-state index contributed by atoms with van der Waals surface area (Å²) in [4.78, 5) is 2.51. The molecular formula is C18H23N3O. The van der Waals surface area contributed by atoms with E-state index in [2.05, 4.69) is 41.2 Å². The van der Waals surface area contributed by atoms with Crippen LogP contribution in [0, 0.1) is 0 Å². The Labute approximate surface area is 132 Å². The van der Waals surface area contributed by atoms with Gasteiger partial charge >= 0.3 is 0 Å². The van der Waals surface area contributed by atoms with E-state index in [-0.39, 0.29) is 0 Å². The Morgan fingerprint density at radius 3 is 3.00 bits per heavy atom. The summed E-state index contributed by atoms with van der Waals surface area (Å²) in [5.74, 6) is 0.894. The van der Waals surface area contributed by atoms with Gasteiger partial charge in [-0.25, -0.2) is 4.68 Å². The molecule has 1 atom stereocenters. The predicted octanol–water partition coefficient (Wildman–Crippen LogP) is 3.42. The predicted molar refractivity (Wildman–Crippen MR) is 88.4 cm³/mol. The SMILES string of the molecule is CCCC1C=CCN1Cc1cc(OC)ccc1-n1cccn1. The van der Waals surface area contributed by atoms with Gasteiger partial charge in [-0.2, -0.15) is 5.10 Å². The topological polar surface area (TPSA) is 30.3 Å². The first kappa shape index (κ1) is 14.9. The molecule has 3 rings (SSSR count). The lowest BCUT2D eigenvalue weighted by Crippen LogP contribution is -2.29. The fourth-order valence-corrected chi connectivity index (χ4v) is 3.04. The first-order chi connectivity index (χ1) is 10.8. The smallest absolute Gasteiger partial charge is 0.119 e. The van der Waals surface area contributed by atoms with E-state index in [0.29, 0.717) is 6.04 Å². The zero-order chi connectivity index (χ0) is 15.4.